The molecule has 0 aromatic carbocycles. The second-order valence-electron chi connectivity index (χ2n) is 4.08. The molecule has 0 saturated carbocycles. The van der Waals surface area contributed by atoms with Crippen LogP contribution in [0.1, 0.15) is 19.3 Å². The van der Waals surface area contributed by atoms with E-state index in [1.807, 2.05) is 0 Å². The predicted molar refractivity (Wildman–Crippen MR) is 58.5 cm³/mol. The van der Waals surface area contributed by atoms with Crippen molar-refractivity contribution in [1.82, 2.24) is 16.0 Å². The van der Waals surface area contributed by atoms with Gasteiger partial charge in [-0.05, 0) is 38.3 Å². The predicted octanol–water partition coefficient (Wildman–Crippen LogP) is -0.0751. The summed E-state index contributed by atoms with van der Waals surface area (Å²) in [5.41, 5.74) is 0. The number of guanidine groups is 1. The van der Waals surface area contributed by atoms with Crippen LogP contribution in [-0.4, -0.2) is 38.7 Å². The van der Waals surface area contributed by atoms with Gasteiger partial charge in [-0.2, -0.15) is 0 Å². The summed E-state index contributed by atoms with van der Waals surface area (Å²) >= 11 is 0. The first-order valence-corrected chi connectivity index (χ1v) is 5.68. The fourth-order valence-electron chi connectivity index (χ4n) is 2.01. The zero-order valence-corrected chi connectivity index (χ0v) is 8.68. The summed E-state index contributed by atoms with van der Waals surface area (Å²) in [6.07, 6.45) is 3.76. The molecule has 4 heteroatoms. The van der Waals surface area contributed by atoms with Gasteiger partial charge >= 0.3 is 0 Å². The van der Waals surface area contributed by atoms with E-state index in [1.54, 1.807) is 0 Å². The van der Waals surface area contributed by atoms with Gasteiger partial charge in [0, 0.05) is 19.6 Å². The van der Waals surface area contributed by atoms with Gasteiger partial charge in [0.15, 0.2) is 5.96 Å². The molecular weight excluding hydrogens is 176 g/mol. The van der Waals surface area contributed by atoms with Gasteiger partial charge in [-0.1, -0.05) is 0 Å². The van der Waals surface area contributed by atoms with Crippen LogP contribution in [0.4, 0.5) is 0 Å². The van der Waals surface area contributed by atoms with Crippen molar-refractivity contribution in [1.29, 1.82) is 0 Å². The normalized spacial score (nSPS) is 26.9. The number of aliphatic imine (C=N–C) groups is 1. The average molecular weight is 196 g/mol. The molecule has 1 atom stereocenters. The molecule has 2 rings (SSSR count). The van der Waals surface area contributed by atoms with E-state index in [9.17, 15) is 0 Å². The first kappa shape index (κ1) is 9.77. The Hall–Kier alpha value is -0.770. The Morgan fingerprint density at radius 2 is 2.43 bits per heavy atom. The van der Waals surface area contributed by atoms with E-state index in [0.717, 1.165) is 37.9 Å². The summed E-state index contributed by atoms with van der Waals surface area (Å²) in [6, 6.07) is 0. The smallest absolute Gasteiger partial charge is 0.191 e. The number of hydrogen-bond donors (Lipinski definition) is 3. The van der Waals surface area contributed by atoms with Crippen molar-refractivity contribution in [3.63, 3.8) is 0 Å². The lowest BCUT2D eigenvalue weighted by molar-refractivity contribution is 0.523. The van der Waals surface area contributed by atoms with Crippen LogP contribution in [0.25, 0.3) is 0 Å². The SMILES string of the molecule is C1CN=C(NCCC2CCNC2)NC1. The molecule has 0 bridgehead atoms. The lowest BCUT2D eigenvalue weighted by atomic mass is 10.1. The topological polar surface area (TPSA) is 48.5 Å². The first-order valence-electron chi connectivity index (χ1n) is 5.68. The molecule has 2 aliphatic heterocycles. The van der Waals surface area contributed by atoms with Gasteiger partial charge in [0.1, 0.15) is 0 Å². The second kappa shape index (κ2) is 5.20. The third-order valence-corrected chi connectivity index (χ3v) is 2.90. The maximum Gasteiger partial charge on any atom is 0.191 e. The highest BCUT2D eigenvalue weighted by atomic mass is 15.2. The molecule has 2 aliphatic rings. The standard InChI is InChI=1S/C10H20N4/c1-4-12-10(13-5-1)14-7-3-9-2-6-11-8-9/h9,11H,1-8H2,(H2,12,13,14). The number of hydrogen-bond acceptors (Lipinski definition) is 4. The number of nitrogens with zero attached hydrogens (tertiary/aromatic N) is 1. The molecular formula is C10H20N4. The summed E-state index contributed by atoms with van der Waals surface area (Å²) in [6.45, 7) is 5.49. The highest BCUT2D eigenvalue weighted by molar-refractivity contribution is 5.80. The van der Waals surface area contributed by atoms with Crippen LogP contribution in [0.3, 0.4) is 0 Å². The van der Waals surface area contributed by atoms with Gasteiger partial charge in [0.05, 0.1) is 0 Å². The van der Waals surface area contributed by atoms with Crippen molar-refractivity contribution in [3.05, 3.63) is 0 Å². The van der Waals surface area contributed by atoms with Gasteiger partial charge in [0.2, 0.25) is 0 Å². The first-order chi connectivity index (χ1) is 6.95. The number of nitrogens with one attached hydrogen (secondary N) is 3. The summed E-state index contributed by atoms with van der Waals surface area (Å²) in [4.78, 5) is 4.37. The van der Waals surface area contributed by atoms with Crippen molar-refractivity contribution < 1.29 is 0 Å². The van der Waals surface area contributed by atoms with Gasteiger partial charge < -0.3 is 16.0 Å². The fraction of sp³-hybridized carbons (Fsp3) is 0.900. The zero-order valence-electron chi connectivity index (χ0n) is 8.68. The Kier molecular flexibility index (Phi) is 3.63. The molecule has 1 unspecified atom stereocenters. The third-order valence-electron chi connectivity index (χ3n) is 2.90. The Morgan fingerprint density at radius 3 is 3.14 bits per heavy atom. The quantitative estimate of drug-likeness (QED) is 0.592. The van der Waals surface area contributed by atoms with Crippen LogP contribution < -0.4 is 16.0 Å². The van der Waals surface area contributed by atoms with Gasteiger partial charge in [-0.25, -0.2) is 0 Å². The van der Waals surface area contributed by atoms with Crippen molar-refractivity contribution in [2.75, 3.05) is 32.7 Å². The van der Waals surface area contributed by atoms with Gasteiger partial charge in [-0.15, -0.1) is 0 Å². The molecule has 0 aromatic heterocycles. The largest absolute Gasteiger partial charge is 0.356 e. The average Bonchev–Trinajstić information content (AvgIpc) is 2.72. The molecule has 0 aromatic rings. The van der Waals surface area contributed by atoms with Crippen LogP contribution in [0.2, 0.25) is 0 Å². The maximum atomic E-state index is 4.37. The van der Waals surface area contributed by atoms with Crippen LogP contribution >= 0.6 is 0 Å². The molecule has 0 spiro atoms. The van der Waals surface area contributed by atoms with E-state index >= 15 is 0 Å². The van der Waals surface area contributed by atoms with Crippen molar-refractivity contribution in [2.24, 2.45) is 10.9 Å². The molecule has 3 N–H and O–H groups in total. The van der Waals surface area contributed by atoms with E-state index in [1.165, 1.54) is 25.9 Å². The molecule has 1 saturated heterocycles. The molecule has 0 aliphatic carbocycles. The Morgan fingerprint density at radius 1 is 1.43 bits per heavy atom. The lowest BCUT2D eigenvalue weighted by Gasteiger charge is -2.16. The van der Waals surface area contributed by atoms with E-state index < -0.39 is 0 Å². The molecule has 2 heterocycles. The minimum Gasteiger partial charge on any atom is -0.356 e. The molecule has 80 valence electrons. The van der Waals surface area contributed by atoms with Crippen LogP contribution in [0.5, 0.6) is 0 Å². The highest BCUT2D eigenvalue weighted by Crippen LogP contribution is 2.10. The minimum absolute atomic E-state index is 0.867. The highest BCUT2D eigenvalue weighted by Gasteiger charge is 2.13. The third kappa shape index (κ3) is 2.87. The molecule has 14 heavy (non-hydrogen) atoms. The van der Waals surface area contributed by atoms with Gasteiger partial charge in [-0.3, -0.25) is 4.99 Å². The maximum absolute atomic E-state index is 4.37. The van der Waals surface area contributed by atoms with Crippen LogP contribution in [0.15, 0.2) is 4.99 Å². The van der Waals surface area contributed by atoms with Gasteiger partial charge in [0.25, 0.3) is 0 Å². The van der Waals surface area contributed by atoms with Crippen LogP contribution in [-0.2, 0) is 0 Å². The summed E-state index contributed by atoms with van der Waals surface area (Å²) in [5, 5.41) is 10.0. The van der Waals surface area contributed by atoms with Crippen molar-refractivity contribution in [3.8, 4) is 0 Å². The Bertz CT molecular complexity index is 196. The summed E-state index contributed by atoms with van der Waals surface area (Å²) in [7, 11) is 0. The number of rotatable bonds is 3. The van der Waals surface area contributed by atoms with Crippen LogP contribution in [0, 0.1) is 5.92 Å². The van der Waals surface area contributed by atoms with Crippen molar-refractivity contribution >= 4 is 5.96 Å². The Labute approximate surface area is 85.6 Å². The second-order valence-corrected chi connectivity index (χ2v) is 4.08. The van der Waals surface area contributed by atoms with E-state index in [-0.39, 0.29) is 0 Å². The molecule has 0 radical (unpaired) electrons. The summed E-state index contributed by atoms with van der Waals surface area (Å²) < 4.78 is 0. The molecule has 4 nitrogen and oxygen atoms in total. The monoisotopic (exact) mass is 196 g/mol. The van der Waals surface area contributed by atoms with Crippen molar-refractivity contribution in [2.45, 2.75) is 19.3 Å². The van der Waals surface area contributed by atoms with E-state index in [4.69, 9.17) is 0 Å². The molecule has 1 fully saturated rings. The zero-order chi connectivity index (χ0) is 9.64. The lowest BCUT2D eigenvalue weighted by Crippen LogP contribution is -2.41. The summed E-state index contributed by atoms with van der Waals surface area (Å²) in [5.74, 6) is 1.87. The molecule has 0 amide bonds. The van der Waals surface area contributed by atoms with E-state index in [0.29, 0.717) is 0 Å². The minimum atomic E-state index is 0.867. The fourth-order valence-corrected chi connectivity index (χ4v) is 2.01. The van der Waals surface area contributed by atoms with E-state index in [2.05, 4.69) is 20.9 Å². The Balaban J connectivity index is 1.59.